The molecular formula is C69H75N5O12. The Labute approximate surface area is 501 Å². The number of ether oxygens (including phenoxy) is 8. The van der Waals surface area contributed by atoms with E-state index in [-0.39, 0.29) is 34.3 Å². The number of hydrogen-bond acceptors (Lipinski definition) is 13. The second kappa shape index (κ2) is 31.3. The molecule has 2 aromatic heterocycles. The lowest BCUT2D eigenvalue weighted by atomic mass is 10.1. The smallest absolute Gasteiger partial charge is 0.263 e. The summed E-state index contributed by atoms with van der Waals surface area (Å²) in [6.45, 7) is 7.96. The second-order valence-electron chi connectivity index (χ2n) is 20.5. The number of nitrogens with one attached hydrogen (secondary N) is 2. The SMILES string of the molecule is CCCOCCOCCOc1ccc(-c2ccc(NC(=O)c3cccn(C4CCc5c(OC)cccc54)c3=O)cc2)cc1.COc1cccc2c1CCC2n1cccc(C(=O)Nc2ccc(-c3ccc(OCCOCCOCCN)cc3)cc2)c1=O. The van der Waals surface area contributed by atoms with Gasteiger partial charge >= 0.3 is 0 Å². The minimum atomic E-state index is -0.440. The van der Waals surface area contributed by atoms with Crippen molar-refractivity contribution in [1.82, 2.24) is 9.13 Å². The summed E-state index contributed by atoms with van der Waals surface area (Å²) in [6, 6.07) is 48.8. The molecule has 2 amide bonds. The van der Waals surface area contributed by atoms with Gasteiger partial charge in [-0.25, -0.2) is 0 Å². The Morgan fingerprint density at radius 3 is 1.22 bits per heavy atom. The molecule has 448 valence electrons. The lowest BCUT2D eigenvalue weighted by Crippen LogP contribution is -2.30. The number of carbonyl (C=O) groups is 2. The average Bonchev–Trinajstić information content (AvgIpc) is 2.21. The molecule has 0 saturated carbocycles. The van der Waals surface area contributed by atoms with Gasteiger partial charge in [-0.2, -0.15) is 0 Å². The van der Waals surface area contributed by atoms with Crippen LogP contribution in [0.25, 0.3) is 22.3 Å². The summed E-state index contributed by atoms with van der Waals surface area (Å²) < 4.78 is 47.5. The van der Waals surface area contributed by atoms with E-state index < -0.39 is 11.8 Å². The Kier molecular flexibility index (Phi) is 22.5. The molecule has 2 aliphatic rings. The molecule has 2 atom stereocenters. The van der Waals surface area contributed by atoms with Crippen molar-refractivity contribution in [2.45, 2.75) is 51.1 Å². The molecule has 2 aliphatic carbocycles. The van der Waals surface area contributed by atoms with Gasteiger partial charge in [-0.3, -0.25) is 19.2 Å². The van der Waals surface area contributed by atoms with Gasteiger partial charge in [0, 0.05) is 36.9 Å². The second-order valence-corrected chi connectivity index (χ2v) is 20.5. The Morgan fingerprint density at radius 2 is 0.837 bits per heavy atom. The van der Waals surface area contributed by atoms with E-state index in [0.29, 0.717) is 77.4 Å². The first-order chi connectivity index (χ1) is 42.2. The van der Waals surface area contributed by atoms with Gasteiger partial charge in [0.05, 0.1) is 72.6 Å². The van der Waals surface area contributed by atoms with Crippen LogP contribution in [0.15, 0.2) is 180 Å². The summed E-state index contributed by atoms with van der Waals surface area (Å²) in [4.78, 5) is 53.1. The number of methoxy groups -OCH3 is 2. The molecule has 17 heteroatoms. The van der Waals surface area contributed by atoms with Crippen LogP contribution in [0.1, 0.15) is 81.2 Å². The third-order valence-corrected chi connectivity index (χ3v) is 14.9. The van der Waals surface area contributed by atoms with Crippen LogP contribution >= 0.6 is 0 Å². The van der Waals surface area contributed by atoms with E-state index in [1.165, 1.54) is 0 Å². The predicted octanol–water partition coefficient (Wildman–Crippen LogP) is 10.8. The highest BCUT2D eigenvalue weighted by atomic mass is 16.5. The summed E-state index contributed by atoms with van der Waals surface area (Å²) >= 11 is 0. The van der Waals surface area contributed by atoms with Crippen molar-refractivity contribution in [1.29, 1.82) is 0 Å². The third-order valence-electron chi connectivity index (χ3n) is 14.9. The summed E-state index contributed by atoms with van der Waals surface area (Å²) in [5, 5.41) is 5.75. The van der Waals surface area contributed by atoms with E-state index in [1.54, 1.807) is 60.0 Å². The molecule has 0 saturated heterocycles. The van der Waals surface area contributed by atoms with Crippen LogP contribution in [0.3, 0.4) is 0 Å². The number of aromatic nitrogens is 2. The molecular weight excluding hydrogens is 1090 g/mol. The van der Waals surface area contributed by atoms with Crippen LogP contribution in [0, 0.1) is 0 Å². The van der Waals surface area contributed by atoms with Crippen LogP contribution in [-0.2, 0) is 31.8 Å². The fourth-order valence-electron chi connectivity index (χ4n) is 10.7. The van der Waals surface area contributed by atoms with Crippen LogP contribution in [-0.4, -0.2) is 108 Å². The van der Waals surface area contributed by atoms with Gasteiger partial charge in [-0.1, -0.05) is 79.7 Å². The van der Waals surface area contributed by atoms with Crippen molar-refractivity contribution in [2.24, 2.45) is 5.73 Å². The number of pyridine rings is 2. The molecule has 0 bridgehead atoms. The van der Waals surface area contributed by atoms with E-state index in [9.17, 15) is 19.2 Å². The minimum Gasteiger partial charge on any atom is -0.496 e. The first kappa shape index (κ1) is 61.7. The first-order valence-electron chi connectivity index (χ1n) is 29.2. The maximum absolute atomic E-state index is 13.4. The molecule has 0 radical (unpaired) electrons. The zero-order valence-corrected chi connectivity index (χ0v) is 49.0. The zero-order chi connectivity index (χ0) is 60.0. The molecule has 0 fully saturated rings. The van der Waals surface area contributed by atoms with Gasteiger partial charge < -0.3 is 63.4 Å². The van der Waals surface area contributed by atoms with Crippen molar-refractivity contribution < 1.29 is 47.5 Å². The highest BCUT2D eigenvalue weighted by Gasteiger charge is 2.30. The Hall–Kier alpha value is -8.84. The molecule has 0 aliphatic heterocycles. The van der Waals surface area contributed by atoms with E-state index in [2.05, 4.69) is 17.6 Å². The molecule has 86 heavy (non-hydrogen) atoms. The number of benzene rings is 6. The first-order valence-corrected chi connectivity index (χ1v) is 29.2. The summed E-state index contributed by atoms with van der Waals surface area (Å²) in [5.41, 5.74) is 14.5. The molecule has 2 heterocycles. The number of nitrogens with zero attached hydrogens (tertiary/aromatic N) is 2. The van der Waals surface area contributed by atoms with Gasteiger partial charge in [-0.15, -0.1) is 0 Å². The Morgan fingerprint density at radius 1 is 0.465 bits per heavy atom. The number of amides is 2. The fourth-order valence-corrected chi connectivity index (χ4v) is 10.7. The molecule has 6 aromatic carbocycles. The maximum atomic E-state index is 13.4. The number of anilines is 2. The van der Waals surface area contributed by atoms with Crippen LogP contribution < -0.4 is 46.4 Å². The van der Waals surface area contributed by atoms with Crippen molar-refractivity contribution in [2.75, 3.05) is 97.5 Å². The van der Waals surface area contributed by atoms with E-state index in [0.717, 1.165) is 106 Å². The number of carbonyl (C=O) groups excluding carboxylic acids is 2. The molecule has 2 unspecified atom stereocenters. The lowest BCUT2D eigenvalue weighted by Gasteiger charge is -2.17. The Bertz CT molecular complexity index is 3370. The number of nitrogens with two attached hydrogens (primary N) is 1. The molecule has 0 spiro atoms. The number of rotatable bonds is 28. The molecule has 10 rings (SSSR count). The van der Waals surface area contributed by atoms with Crippen LogP contribution in [0.2, 0.25) is 0 Å². The minimum absolute atomic E-state index is 0.101. The van der Waals surface area contributed by atoms with Gasteiger partial charge in [0.2, 0.25) is 0 Å². The highest BCUT2D eigenvalue weighted by Crippen LogP contribution is 2.40. The summed E-state index contributed by atoms with van der Waals surface area (Å²) in [6.07, 6.45) is 7.69. The van der Waals surface area contributed by atoms with Crippen molar-refractivity contribution in [3.8, 4) is 45.3 Å². The maximum Gasteiger partial charge on any atom is 0.263 e. The number of fused-ring (bicyclic) bond motifs is 2. The van der Waals surface area contributed by atoms with E-state index >= 15 is 0 Å². The van der Waals surface area contributed by atoms with Gasteiger partial charge in [-0.05, 0) is 162 Å². The fraction of sp³-hybridized carbons (Fsp3) is 0.304. The van der Waals surface area contributed by atoms with Crippen molar-refractivity contribution in [3.63, 3.8) is 0 Å². The van der Waals surface area contributed by atoms with Crippen LogP contribution in [0.4, 0.5) is 11.4 Å². The topological polar surface area (TPSA) is 202 Å². The Balaban J connectivity index is 0.000000205. The van der Waals surface area contributed by atoms with Crippen molar-refractivity contribution >= 4 is 23.2 Å². The van der Waals surface area contributed by atoms with Crippen molar-refractivity contribution in [3.05, 3.63) is 224 Å². The molecule has 8 aromatic rings. The quantitative estimate of drug-likeness (QED) is 0.0391. The zero-order valence-electron chi connectivity index (χ0n) is 49.0. The normalized spacial score (nSPS) is 13.9. The third kappa shape index (κ3) is 15.9. The molecule has 17 nitrogen and oxygen atoms in total. The largest absolute Gasteiger partial charge is 0.496 e. The summed E-state index contributed by atoms with van der Waals surface area (Å²) in [5.74, 6) is 2.31. The van der Waals surface area contributed by atoms with E-state index in [4.69, 9.17) is 43.6 Å². The average molecular weight is 1170 g/mol. The standard InChI is InChI=1S/C35H38N2O6.C34H37N3O6/c1-3-20-41-21-22-42-23-24-43-28-15-11-26(12-16-28)25-9-13-27(14-10-25)36-34(38)31-7-5-19-37(35(31)39)32-18-17-30-29(32)6-4-8-33(30)40-2;1-40-32-6-2-4-28-29(32)15-16-31(28)37-18-3-5-30(34(37)39)33(38)36-26-11-7-24(8-12-26)25-9-13-27(14-10-25)43-23-22-42-21-20-41-19-17-35/h4-16,19,32H,3,17-18,20-24H2,1-2H3,(H,36,38);2-14,18,31H,15-17,19-23,35H2,1H3,(H,36,38). The lowest BCUT2D eigenvalue weighted by molar-refractivity contribution is 0.0366. The van der Waals surface area contributed by atoms with Gasteiger partial charge in [0.15, 0.2) is 0 Å². The number of hydrogen-bond donors (Lipinski definition) is 3. The predicted molar refractivity (Wildman–Crippen MR) is 334 cm³/mol. The summed E-state index contributed by atoms with van der Waals surface area (Å²) in [7, 11) is 3.31. The monoisotopic (exact) mass is 1170 g/mol. The highest BCUT2D eigenvalue weighted by molar-refractivity contribution is 6.04. The van der Waals surface area contributed by atoms with Gasteiger partial charge in [0.1, 0.15) is 47.3 Å². The van der Waals surface area contributed by atoms with E-state index in [1.807, 2.05) is 133 Å². The molecule has 4 N–H and O–H groups in total. The van der Waals surface area contributed by atoms with Gasteiger partial charge in [0.25, 0.3) is 22.9 Å². The van der Waals surface area contributed by atoms with Crippen LogP contribution in [0.5, 0.6) is 23.0 Å².